The maximum atomic E-state index is 4.06. The zero-order valence-corrected chi connectivity index (χ0v) is 5.44. The summed E-state index contributed by atoms with van der Waals surface area (Å²) in [5.74, 6) is 0.704. The highest BCUT2D eigenvalue weighted by Crippen LogP contribution is 2.07. The molecule has 46 valence electrons. The van der Waals surface area contributed by atoms with Crippen LogP contribution in [0.25, 0.3) is 0 Å². The Bertz CT molecular complexity index is 107. The van der Waals surface area contributed by atoms with Gasteiger partial charge in [0.05, 0.1) is 0 Å². The lowest BCUT2D eigenvalue weighted by Crippen LogP contribution is -2.11. The van der Waals surface area contributed by atoms with Crippen LogP contribution in [0.5, 0.6) is 0 Å². The topological polar surface area (TPSA) is 24.4 Å². The molecule has 1 aliphatic rings. The van der Waals surface area contributed by atoms with Crippen molar-refractivity contribution >= 4 is 5.71 Å². The third-order valence-corrected chi connectivity index (χ3v) is 1.68. The molecule has 1 N–H and O–H groups in total. The van der Waals surface area contributed by atoms with Gasteiger partial charge in [-0.3, -0.25) is 0 Å². The fourth-order valence-corrected chi connectivity index (χ4v) is 0.959. The van der Waals surface area contributed by atoms with Crippen LogP contribution in [0.3, 0.4) is 0 Å². The average molecular weight is 112 g/mol. The quantitative estimate of drug-likeness (QED) is 0.537. The Morgan fingerprint density at radius 2 is 2.62 bits per heavy atom. The first-order valence-electron chi connectivity index (χ1n) is 3.11. The lowest BCUT2D eigenvalue weighted by atomic mass is 10.0. The molecule has 0 aliphatic carbocycles. The van der Waals surface area contributed by atoms with E-state index in [4.69, 9.17) is 0 Å². The van der Waals surface area contributed by atoms with Gasteiger partial charge < -0.3 is 5.43 Å². The summed E-state index contributed by atoms with van der Waals surface area (Å²) in [6.45, 7) is 5.31. The van der Waals surface area contributed by atoms with Crippen LogP contribution >= 0.6 is 0 Å². The first-order valence-corrected chi connectivity index (χ1v) is 3.11. The SMILES string of the molecule is CCC1CNN=C1C. The number of nitrogens with zero attached hydrogens (tertiary/aromatic N) is 1. The molecule has 0 fully saturated rings. The molecule has 0 radical (unpaired) electrons. The van der Waals surface area contributed by atoms with Crippen molar-refractivity contribution in [3.05, 3.63) is 0 Å². The highest BCUT2D eigenvalue weighted by atomic mass is 15.3. The minimum Gasteiger partial charge on any atom is -0.309 e. The van der Waals surface area contributed by atoms with Crippen molar-refractivity contribution in [2.45, 2.75) is 20.3 Å². The lowest BCUT2D eigenvalue weighted by molar-refractivity contribution is 0.640. The van der Waals surface area contributed by atoms with Gasteiger partial charge in [-0.25, -0.2) is 0 Å². The Balaban J connectivity index is 2.46. The smallest absolute Gasteiger partial charge is 0.0410 e. The summed E-state index contributed by atoms with van der Waals surface area (Å²) < 4.78 is 0. The summed E-state index contributed by atoms with van der Waals surface area (Å²) in [7, 11) is 0. The minimum absolute atomic E-state index is 0.704. The zero-order chi connectivity index (χ0) is 5.98. The molecule has 0 bridgehead atoms. The third-order valence-electron chi connectivity index (χ3n) is 1.68. The number of hydrogen-bond donors (Lipinski definition) is 1. The Hall–Kier alpha value is -0.530. The number of rotatable bonds is 1. The molecule has 0 spiro atoms. The first kappa shape index (κ1) is 5.60. The van der Waals surface area contributed by atoms with Crippen molar-refractivity contribution < 1.29 is 0 Å². The van der Waals surface area contributed by atoms with E-state index in [2.05, 4.69) is 24.4 Å². The van der Waals surface area contributed by atoms with E-state index in [1.54, 1.807) is 0 Å². The second-order valence-corrected chi connectivity index (χ2v) is 2.22. The molecule has 1 heterocycles. The van der Waals surface area contributed by atoms with E-state index in [1.807, 2.05) is 0 Å². The summed E-state index contributed by atoms with van der Waals surface area (Å²) in [5, 5.41) is 4.06. The van der Waals surface area contributed by atoms with Crippen LogP contribution in [0.1, 0.15) is 20.3 Å². The summed E-state index contributed by atoms with van der Waals surface area (Å²) >= 11 is 0. The van der Waals surface area contributed by atoms with Crippen molar-refractivity contribution in [3.63, 3.8) is 0 Å². The standard InChI is InChI=1S/C6H12N2/c1-3-6-4-7-8-5(6)2/h6-7H,3-4H2,1-2H3. The van der Waals surface area contributed by atoms with Gasteiger partial charge in [0.1, 0.15) is 0 Å². The highest BCUT2D eigenvalue weighted by Gasteiger charge is 2.13. The largest absolute Gasteiger partial charge is 0.309 e. The predicted molar refractivity (Wildman–Crippen MR) is 34.9 cm³/mol. The molecule has 0 saturated carbocycles. The summed E-state index contributed by atoms with van der Waals surface area (Å²) in [5.41, 5.74) is 4.22. The highest BCUT2D eigenvalue weighted by molar-refractivity contribution is 5.85. The molecule has 8 heavy (non-hydrogen) atoms. The molecule has 1 unspecified atom stereocenters. The molecule has 0 aromatic rings. The van der Waals surface area contributed by atoms with Crippen LogP contribution in [-0.2, 0) is 0 Å². The van der Waals surface area contributed by atoms with Gasteiger partial charge in [-0.2, -0.15) is 5.10 Å². The van der Waals surface area contributed by atoms with E-state index < -0.39 is 0 Å². The second-order valence-electron chi connectivity index (χ2n) is 2.22. The fourth-order valence-electron chi connectivity index (χ4n) is 0.959. The van der Waals surface area contributed by atoms with Gasteiger partial charge in [0.15, 0.2) is 0 Å². The normalized spacial score (nSPS) is 27.2. The number of hydrogen-bond acceptors (Lipinski definition) is 2. The van der Waals surface area contributed by atoms with Crippen LogP contribution in [0.15, 0.2) is 5.10 Å². The van der Waals surface area contributed by atoms with Gasteiger partial charge in [0, 0.05) is 18.2 Å². The molecule has 0 aromatic heterocycles. The maximum Gasteiger partial charge on any atom is 0.0410 e. The predicted octanol–water partition coefficient (Wildman–Crippen LogP) is 0.992. The Labute approximate surface area is 50.0 Å². The van der Waals surface area contributed by atoms with Crippen molar-refractivity contribution in [1.29, 1.82) is 0 Å². The molecule has 1 atom stereocenters. The maximum absolute atomic E-state index is 4.06. The monoisotopic (exact) mass is 112 g/mol. The summed E-state index contributed by atoms with van der Waals surface area (Å²) in [6.07, 6.45) is 1.21. The molecule has 0 saturated heterocycles. The Morgan fingerprint density at radius 3 is 2.88 bits per heavy atom. The van der Waals surface area contributed by atoms with Gasteiger partial charge >= 0.3 is 0 Å². The summed E-state index contributed by atoms with van der Waals surface area (Å²) in [4.78, 5) is 0. The van der Waals surface area contributed by atoms with Gasteiger partial charge in [-0.15, -0.1) is 0 Å². The Morgan fingerprint density at radius 1 is 1.88 bits per heavy atom. The van der Waals surface area contributed by atoms with Crippen molar-refractivity contribution in [3.8, 4) is 0 Å². The van der Waals surface area contributed by atoms with Crippen LogP contribution in [0.2, 0.25) is 0 Å². The number of nitrogens with one attached hydrogen (secondary N) is 1. The van der Waals surface area contributed by atoms with Crippen molar-refractivity contribution in [2.75, 3.05) is 6.54 Å². The van der Waals surface area contributed by atoms with E-state index in [0.29, 0.717) is 5.92 Å². The van der Waals surface area contributed by atoms with E-state index in [1.165, 1.54) is 12.1 Å². The Kier molecular flexibility index (Phi) is 1.51. The van der Waals surface area contributed by atoms with Crippen LogP contribution < -0.4 is 5.43 Å². The minimum atomic E-state index is 0.704. The molecule has 0 amide bonds. The average Bonchev–Trinajstić information content (AvgIpc) is 2.14. The molecule has 2 heteroatoms. The molecule has 0 aromatic carbocycles. The van der Waals surface area contributed by atoms with Crippen molar-refractivity contribution in [1.82, 2.24) is 5.43 Å². The van der Waals surface area contributed by atoms with Gasteiger partial charge in [0.25, 0.3) is 0 Å². The van der Waals surface area contributed by atoms with Crippen LogP contribution in [0.4, 0.5) is 0 Å². The third kappa shape index (κ3) is 0.831. The van der Waals surface area contributed by atoms with Crippen LogP contribution in [0, 0.1) is 5.92 Å². The lowest BCUT2D eigenvalue weighted by Gasteiger charge is -2.01. The van der Waals surface area contributed by atoms with Crippen LogP contribution in [-0.4, -0.2) is 12.3 Å². The van der Waals surface area contributed by atoms with Gasteiger partial charge in [-0.1, -0.05) is 6.92 Å². The van der Waals surface area contributed by atoms with Gasteiger partial charge in [0.2, 0.25) is 0 Å². The number of hydrazone groups is 1. The molecule has 1 aliphatic heterocycles. The van der Waals surface area contributed by atoms with Gasteiger partial charge in [-0.05, 0) is 13.3 Å². The summed E-state index contributed by atoms with van der Waals surface area (Å²) in [6, 6.07) is 0. The van der Waals surface area contributed by atoms with E-state index in [9.17, 15) is 0 Å². The van der Waals surface area contributed by atoms with E-state index >= 15 is 0 Å². The molecule has 2 nitrogen and oxygen atoms in total. The fraction of sp³-hybridized carbons (Fsp3) is 0.833. The molecular formula is C6H12N2. The molecule has 1 rings (SSSR count). The first-order chi connectivity index (χ1) is 3.84. The second kappa shape index (κ2) is 2.16. The zero-order valence-electron chi connectivity index (χ0n) is 5.44. The van der Waals surface area contributed by atoms with E-state index in [-0.39, 0.29) is 0 Å². The molecular weight excluding hydrogens is 100 g/mol. The van der Waals surface area contributed by atoms with E-state index in [0.717, 1.165) is 6.54 Å². The van der Waals surface area contributed by atoms with Crippen molar-refractivity contribution in [2.24, 2.45) is 11.0 Å².